The van der Waals surface area contributed by atoms with E-state index in [4.69, 9.17) is 39.9 Å². The van der Waals surface area contributed by atoms with Crippen molar-refractivity contribution in [2.45, 2.75) is 0 Å². The van der Waals surface area contributed by atoms with Crippen molar-refractivity contribution in [3.05, 3.63) is 171 Å². The van der Waals surface area contributed by atoms with Crippen LogP contribution in [-0.4, -0.2) is 49.8 Å². The van der Waals surface area contributed by atoms with Gasteiger partial charge in [-0.1, -0.05) is 72.8 Å². The van der Waals surface area contributed by atoms with Gasteiger partial charge in [0.15, 0.2) is 34.9 Å². The molecule has 0 radical (unpaired) electrons. The van der Waals surface area contributed by atoms with Crippen molar-refractivity contribution in [1.29, 1.82) is 0 Å². The molecule has 278 valence electrons. The van der Waals surface area contributed by atoms with Gasteiger partial charge in [0.25, 0.3) is 0 Å². The predicted octanol–water partition coefficient (Wildman–Crippen LogP) is 10.8. The minimum Gasteiger partial charge on any atom is -0.265 e. The van der Waals surface area contributed by atoms with Crippen molar-refractivity contribution in [3.63, 3.8) is 0 Å². The lowest BCUT2D eigenvalue weighted by molar-refractivity contribution is 1.07. The summed E-state index contributed by atoms with van der Waals surface area (Å²) in [6, 6.07) is 45.0. The second-order valence-electron chi connectivity index (χ2n) is 14.5. The third-order valence-electron chi connectivity index (χ3n) is 11.0. The van der Waals surface area contributed by atoms with E-state index in [9.17, 15) is 0 Å². The van der Waals surface area contributed by atoms with Gasteiger partial charge in [0, 0.05) is 81.3 Å². The molecule has 6 heterocycles. The molecule has 0 aliphatic rings. The zero-order chi connectivity index (χ0) is 39.6. The lowest BCUT2D eigenvalue weighted by Crippen LogP contribution is -2.02. The molecule has 0 unspecified atom stereocenters. The number of nitrogens with zero attached hydrogens (tertiary/aromatic N) is 10. The van der Waals surface area contributed by atoms with Crippen molar-refractivity contribution in [2.24, 2.45) is 0 Å². The van der Waals surface area contributed by atoms with Crippen LogP contribution >= 0.6 is 0 Å². The highest BCUT2D eigenvalue weighted by molar-refractivity contribution is 6.27. The fraction of sp³-hybridized carbons (Fsp3) is 0. The SMILES string of the molecule is c1cnc2c(-c3nc(-c4ccncc4)nc(-c4ccc5ccc6c(-c7nc(-c8ccncc8)nc(-c8cccc9cccnc89)n7)ccc7ccc4c5c76)n3)cccc2c1. The van der Waals surface area contributed by atoms with Crippen LogP contribution < -0.4 is 0 Å². The topological polar surface area (TPSA) is 129 Å². The van der Waals surface area contributed by atoms with Crippen molar-refractivity contribution in [3.8, 4) is 68.3 Å². The van der Waals surface area contributed by atoms with E-state index in [1.54, 1.807) is 37.2 Å². The number of para-hydroxylation sites is 2. The lowest BCUT2D eigenvalue weighted by atomic mass is 9.89. The Morgan fingerprint density at radius 2 is 0.650 bits per heavy atom. The van der Waals surface area contributed by atoms with Crippen LogP contribution in [0.1, 0.15) is 0 Å². The van der Waals surface area contributed by atoms with Crippen LogP contribution in [-0.2, 0) is 0 Å². The van der Waals surface area contributed by atoms with Gasteiger partial charge in [0.1, 0.15) is 0 Å². The van der Waals surface area contributed by atoms with E-state index < -0.39 is 0 Å². The fourth-order valence-electron chi connectivity index (χ4n) is 8.25. The molecule has 12 rings (SSSR count). The normalized spacial score (nSPS) is 11.7. The number of hydrogen-bond donors (Lipinski definition) is 0. The van der Waals surface area contributed by atoms with Gasteiger partial charge in [-0.2, -0.15) is 0 Å². The number of fused-ring (bicyclic) bond motifs is 2. The Hall–Kier alpha value is -8.50. The number of pyridine rings is 4. The highest BCUT2D eigenvalue weighted by atomic mass is 15.0. The first-order chi connectivity index (χ1) is 29.7. The number of aromatic nitrogens is 10. The van der Waals surface area contributed by atoms with Crippen LogP contribution in [0.4, 0.5) is 0 Å². The summed E-state index contributed by atoms with van der Waals surface area (Å²) in [7, 11) is 0. The minimum atomic E-state index is 0.543. The maximum Gasteiger partial charge on any atom is 0.166 e. The summed E-state index contributed by atoms with van der Waals surface area (Å²) in [6.07, 6.45) is 10.6. The van der Waals surface area contributed by atoms with E-state index in [0.29, 0.717) is 34.9 Å². The highest BCUT2D eigenvalue weighted by Crippen LogP contribution is 2.42. The Morgan fingerprint density at radius 1 is 0.267 bits per heavy atom. The van der Waals surface area contributed by atoms with E-state index in [1.165, 1.54) is 0 Å². The van der Waals surface area contributed by atoms with Gasteiger partial charge < -0.3 is 0 Å². The average molecular weight is 769 g/mol. The van der Waals surface area contributed by atoms with Gasteiger partial charge in [-0.3, -0.25) is 19.9 Å². The number of hydrogen-bond acceptors (Lipinski definition) is 10. The van der Waals surface area contributed by atoms with Gasteiger partial charge in [0.05, 0.1) is 11.0 Å². The Morgan fingerprint density at radius 3 is 1.10 bits per heavy atom. The van der Waals surface area contributed by atoms with Crippen LogP contribution in [0.5, 0.6) is 0 Å². The zero-order valence-corrected chi connectivity index (χ0v) is 31.6. The first-order valence-electron chi connectivity index (χ1n) is 19.5. The molecule has 0 N–H and O–H groups in total. The Bertz CT molecular complexity index is 3370. The average Bonchev–Trinajstić information content (AvgIpc) is 3.33. The van der Waals surface area contributed by atoms with Crippen LogP contribution in [0.3, 0.4) is 0 Å². The molecule has 0 spiro atoms. The number of benzene rings is 6. The molecular weight excluding hydrogens is 741 g/mol. The van der Waals surface area contributed by atoms with Crippen LogP contribution in [0, 0.1) is 0 Å². The van der Waals surface area contributed by atoms with Crippen molar-refractivity contribution in [1.82, 2.24) is 49.8 Å². The summed E-state index contributed by atoms with van der Waals surface area (Å²) in [5.41, 5.74) is 6.77. The van der Waals surface area contributed by atoms with E-state index in [0.717, 1.165) is 87.5 Å². The molecule has 0 amide bonds. The molecule has 10 heteroatoms. The van der Waals surface area contributed by atoms with E-state index in [2.05, 4.69) is 58.5 Å². The molecule has 6 aromatic heterocycles. The summed E-state index contributed by atoms with van der Waals surface area (Å²) in [6.45, 7) is 0. The maximum atomic E-state index is 5.18. The molecule has 60 heavy (non-hydrogen) atoms. The monoisotopic (exact) mass is 768 g/mol. The summed E-state index contributed by atoms with van der Waals surface area (Å²) in [4.78, 5) is 48.6. The summed E-state index contributed by atoms with van der Waals surface area (Å²) in [5.74, 6) is 3.31. The molecule has 0 atom stereocenters. The van der Waals surface area contributed by atoms with Gasteiger partial charge in [-0.05, 0) is 93.0 Å². The summed E-state index contributed by atoms with van der Waals surface area (Å²) >= 11 is 0. The maximum absolute atomic E-state index is 5.18. The third-order valence-corrected chi connectivity index (χ3v) is 11.0. The second kappa shape index (κ2) is 13.6. The Labute approximate surface area is 341 Å². The van der Waals surface area contributed by atoms with Crippen molar-refractivity contribution in [2.75, 3.05) is 0 Å². The third kappa shape index (κ3) is 5.50. The molecule has 0 saturated carbocycles. The van der Waals surface area contributed by atoms with Gasteiger partial charge in [-0.25, -0.2) is 29.9 Å². The predicted molar refractivity (Wildman–Crippen MR) is 236 cm³/mol. The first-order valence-corrected chi connectivity index (χ1v) is 19.5. The van der Waals surface area contributed by atoms with E-state index >= 15 is 0 Å². The van der Waals surface area contributed by atoms with Crippen LogP contribution in [0.15, 0.2) is 171 Å². The van der Waals surface area contributed by atoms with Crippen LogP contribution in [0.25, 0.3) is 122 Å². The van der Waals surface area contributed by atoms with Gasteiger partial charge >= 0.3 is 0 Å². The molecule has 0 aliphatic carbocycles. The Balaban J connectivity index is 1.09. The standard InChI is InChI=1S/C50H28N10/c1-5-31-7-3-23-53-43(31)39(9-1)49-57-45(33-19-25-51-26-20-33)55-47(59-49)37-17-13-29-12-16-36-38(18-14-30-11-15-35(37)41(29)42(30)36)48-56-46(34-21-27-52-28-22-34)58-50(60-48)40-10-2-6-32-8-4-24-54-44(32)40/h1-28H. The van der Waals surface area contributed by atoms with E-state index in [1.807, 2.05) is 84.9 Å². The van der Waals surface area contributed by atoms with Crippen LogP contribution in [0.2, 0.25) is 0 Å². The largest absolute Gasteiger partial charge is 0.265 e. The minimum absolute atomic E-state index is 0.543. The number of rotatable bonds is 6. The molecule has 0 bridgehead atoms. The summed E-state index contributed by atoms with van der Waals surface area (Å²) < 4.78 is 0. The Kier molecular flexibility index (Phi) is 7.60. The van der Waals surface area contributed by atoms with Gasteiger partial charge in [-0.15, -0.1) is 0 Å². The fourth-order valence-corrected chi connectivity index (χ4v) is 8.25. The lowest BCUT2D eigenvalue weighted by Gasteiger charge is -2.16. The zero-order valence-electron chi connectivity index (χ0n) is 31.6. The molecule has 0 aliphatic heterocycles. The molecule has 10 nitrogen and oxygen atoms in total. The molecule has 0 fully saturated rings. The van der Waals surface area contributed by atoms with Gasteiger partial charge in [0.2, 0.25) is 0 Å². The quantitative estimate of drug-likeness (QED) is 0.151. The van der Waals surface area contributed by atoms with Crippen molar-refractivity contribution >= 4 is 54.1 Å². The highest BCUT2D eigenvalue weighted by Gasteiger charge is 2.21. The summed E-state index contributed by atoms with van der Waals surface area (Å²) in [5, 5.41) is 8.46. The first kappa shape index (κ1) is 33.6. The molecule has 12 aromatic rings. The van der Waals surface area contributed by atoms with Crippen molar-refractivity contribution < 1.29 is 0 Å². The van der Waals surface area contributed by atoms with E-state index in [-0.39, 0.29) is 0 Å². The smallest absolute Gasteiger partial charge is 0.166 e. The molecular formula is C50H28N10. The molecule has 0 saturated heterocycles. The molecule has 6 aromatic carbocycles. The second-order valence-corrected chi connectivity index (χ2v) is 14.5.